The van der Waals surface area contributed by atoms with Crippen LogP contribution >= 0.6 is 35.2 Å². The number of rotatable bonds is 7. The Morgan fingerprint density at radius 1 is 1.38 bits per heavy atom. The van der Waals surface area contributed by atoms with Crippen LogP contribution in [0.4, 0.5) is 5.00 Å². The number of aromatic nitrogens is 2. The molecule has 6 nitrogen and oxygen atoms in total. The SMILES string of the molecule is CCOC(=O)c1c(NC(=S)NCCCn2cc(Cl)c(C)n2)sc2c1CCCCC2. The molecule has 158 valence electrons. The maximum Gasteiger partial charge on any atom is 0.341 e. The summed E-state index contributed by atoms with van der Waals surface area (Å²) in [6.07, 6.45) is 8.09. The summed E-state index contributed by atoms with van der Waals surface area (Å²) in [5.74, 6) is -0.261. The van der Waals surface area contributed by atoms with E-state index in [-0.39, 0.29) is 5.97 Å². The number of fused-ring (bicyclic) bond motifs is 1. The second kappa shape index (κ2) is 10.4. The standard InChI is InChI=1S/C20H27ClN4O2S2/c1-3-27-19(26)17-14-8-5-4-6-9-16(14)29-18(17)23-20(28)22-10-7-11-25-12-15(21)13(2)24-25/h12H,3-11H2,1-2H3,(H2,22,23,28). The minimum absolute atomic E-state index is 0.261. The topological polar surface area (TPSA) is 68.2 Å². The van der Waals surface area contributed by atoms with Crippen molar-refractivity contribution in [3.63, 3.8) is 0 Å². The van der Waals surface area contributed by atoms with Crippen LogP contribution in [0, 0.1) is 6.92 Å². The van der Waals surface area contributed by atoms with Crippen LogP contribution in [0.2, 0.25) is 5.02 Å². The van der Waals surface area contributed by atoms with Crippen molar-refractivity contribution >= 4 is 51.2 Å². The molecule has 0 spiro atoms. The third-order valence-electron chi connectivity index (χ3n) is 4.86. The van der Waals surface area contributed by atoms with Crippen LogP contribution in [0.1, 0.15) is 59.1 Å². The Morgan fingerprint density at radius 3 is 2.90 bits per heavy atom. The molecule has 0 unspecified atom stereocenters. The van der Waals surface area contributed by atoms with Crippen molar-refractivity contribution in [1.82, 2.24) is 15.1 Å². The first kappa shape index (κ1) is 22.1. The highest BCUT2D eigenvalue weighted by molar-refractivity contribution is 7.80. The van der Waals surface area contributed by atoms with E-state index in [0.29, 0.717) is 28.9 Å². The molecule has 0 bridgehead atoms. The number of halogens is 1. The molecule has 2 N–H and O–H groups in total. The first-order valence-corrected chi connectivity index (χ1v) is 11.7. The third-order valence-corrected chi connectivity index (χ3v) is 6.69. The molecular weight excluding hydrogens is 428 g/mol. The van der Waals surface area contributed by atoms with Crippen molar-refractivity contribution in [3.8, 4) is 0 Å². The second-order valence-corrected chi connectivity index (χ2v) is 8.97. The highest BCUT2D eigenvalue weighted by atomic mass is 35.5. The van der Waals surface area contributed by atoms with Gasteiger partial charge in [-0.25, -0.2) is 4.79 Å². The Bertz CT molecular complexity index is 859. The van der Waals surface area contributed by atoms with E-state index < -0.39 is 0 Å². The van der Waals surface area contributed by atoms with E-state index in [9.17, 15) is 4.79 Å². The van der Waals surface area contributed by atoms with Gasteiger partial charge in [-0.2, -0.15) is 5.10 Å². The largest absolute Gasteiger partial charge is 0.462 e. The molecule has 0 aliphatic heterocycles. The summed E-state index contributed by atoms with van der Waals surface area (Å²) in [6.45, 7) is 5.53. The number of hydrogen-bond donors (Lipinski definition) is 2. The Labute approximate surface area is 186 Å². The van der Waals surface area contributed by atoms with Crippen LogP contribution in [0.3, 0.4) is 0 Å². The zero-order valence-electron chi connectivity index (χ0n) is 16.8. The number of carbonyl (C=O) groups is 1. The zero-order valence-corrected chi connectivity index (χ0v) is 19.2. The van der Waals surface area contributed by atoms with Crippen LogP contribution < -0.4 is 10.6 Å². The summed E-state index contributed by atoms with van der Waals surface area (Å²) < 4.78 is 7.16. The summed E-state index contributed by atoms with van der Waals surface area (Å²) in [5, 5.41) is 12.8. The number of thiophene rings is 1. The summed E-state index contributed by atoms with van der Waals surface area (Å²) in [6, 6.07) is 0. The number of nitrogens with one attached hydrogen (secondary N) is 2. The van der Waals surface area contributed by atoms with Gasteiger partial charge in [0.25, 0.3) is 0 Å². The van der Waals surface area contributed by atoms with Gasteiger partial charge in [0.2, 0.25) is 0 Å². The molecule has 2 heterocycles. The van der Waals surface area contributed by atoms with E-state index in [4.69, 9.17) is 28.6 Å². The number of hydrogen-bond acceptors (Lipinski definition) is 5. The van der Waals surface area contributed by atoms with E-state index in [1.165, 1.54) is 11.3 Å². The van der Waals surface area contributed by atoms with Crippen molar-refractivity contribution in [2.75, 3.05) is 18.5 Å². The van der Waals surface area contributed by atoms with Gasteiger partial charge >= 0.3 is 5.97 Å². The monoisotopic (exact) mass is 454 g/mol. The fourth-order valence-corrected chi connectivity index (χ4v) is 5.15. The molecule has 29 heavy (non-hydrogen) atoms. The van der Waals surface area contributed by atoms with Crippen molar-refractivity contribution in [2.45, 2.75) is 58.9 Å². The predicted octanol–water partition coefficient (Wildman–Crippen LogP) is 4.73. The normalized spacial score (nSPS) is 13.5. The molecule has 3 rings (SSSR count). The minimum atomic E-state index is -0.261. The van der Waals surface area contributed by atoms with Gasteiger partial charge in [0.15, 0.2) is 5.11 Å². The van der Waals surface area contributed by atoms with Crippen LogP contribution in [0.15, 0.2) is 6.20 Å². The summed E-state index contributed by atoms with van der Waals surface area (Å²) >= 11 is 13.1. The number of esters is 1. The molecule has 0 fully saturated rings. The number of ether oxygens (including phenoxy) is 1. The van der Waals surface area contributed by atoms with E-state index in [2.05, 4.69) is 15.7 Å². The lowest BCUT2D eigenvalue weighted by atomic mass is 10.1. The van der Waals surface area contributed by atoms with Gasteiger partial charge in [0, 0.05) is 24.2 Å². The number of thiocarbonyl (C=S) groups is 1. The summed E-state index contributed by atoms with van der Waals surface area (Å²) in [4.78, 5) is 13.9. The summed E-state index contributed by atoms with van der Waals surface area (Å²) in [7, 11) is 0. The zero-order chi connectivity index (χ0) is 20.8. The highest BCUT2D eigenvalue weighted by Gasteiger charge is 2.26. The number of nitrogens with zero attached hydrogens (tertiary/aromatic N) is 2. The Kier molecular flexibility index (Phi) is 7.91. The average Bonchev–Trinajstić information content (AvgIpc) is 3.08. The minimum Gasteiger partial charge on any atom is -0.462 e. The van der Waals surface area contributed by atoms with Gasteiger partial charge in [-0.15, -0.1) is 11.3 Å². The maximum atomic E-state index is 12.6. The number of anilines is 1. The third kappa shape index (κ3) is 5.71. The summed E-state index contributed by atoms with van der Waals surface area (Å²) in [5.41, 5.74) is 2.64. The molecule has 0 saturated heterocycles. The molecule has 9 heteroatoms. The predicted molar refractivity (Wildman–Crippen MR) is 122 cm³/mol. The second-order valence-electron chi connectivity index (χ2n) is 7.05. The lowest BCUT2D eigenvalue weighted by Gasteiger charge is -2.11. The van der Waals surface area contributed by atoms with E-state index >= 15 is 0 Å². The molecule has 2 aromatic heterocycles. The van der Waals surface area contributed by atoms with Gasteiger partial charge in [-0.05, 0) is 63.7 Å². The van der Waals surface area contributed by atoms with Gasteiger partial charge in [0.05, 0.1) is 22.9 Å². The molecule has 2 aromatic rings. The van der Waals surface area contributed by atoms with Crippen molar-refractivity contribution in [3.05, 3.63) is 32.9 Å². The molecule has 0 amide bonds. The fourth-order valence-electron chi connectivity index (χ4n) is 3.45. The van der Waals surface area contributed by atoms with Crippen molar-refractivity contribution < 1.29 is 9.53 Å². The highest BCUT2D eigenvalue weighted by Crippen LogP contribution is 2.38. The first-order chi connectivity index (χ1) is 14.0. The Balaban J connectivity index is 1.59. The lowest BCUT2D eigenvalue weighted by molar-refractivity contribution is 0.0527. The van der Waals surface area contributed by atoms with Gasteiger partial charge < -0.3 is 15.4 Å². The molecule has 0 radical (unpaired) electrons. The molecular formula is C20H27ClN4O2S2. The van der Waals surface area contributed by atoms with Gasteiger partial charge in [-0.1, -0.05) is 18.0 Å². The average molecular weight is 455 g/mol. The van der Waals surface area contributed by atoms with Crippen LogP contribution in [-0.2, 0) is 24.1 Å². The van der Waals surface area contributed by atoms with E-state index in [0.717, 1.165) is 54.9 Å². The van der Waals surface area contributed by atoms with Crippen LogP contribution in [-0.4, -0.2) is 34.0 Å². The van der Waals surface area contributed by atoms with Gasteiger partial charge in [-0.3, -0.25) is 4.68 Å². The lowest BCUT2D eigenvalue weighted by Crippen LogP contribution is -2.30. The molecule has 0 saturated carbocycles. The van der Waals surface area contributed by atoms with Crippen molar-refractivity contribution in [1.29, 1.82) is 0 Å². The quantitative estimate of drug-likeness (QED) is 0.273. The van der Waals surface area contributed by atoms with Crippen molar-refractivity contribution in [2.24, 2.45) is 0 Å². The maximum absolute atomic E-state index is 12.6. The molecule has 0 aromatic carbocycles. The number of carbonyl (C=O) groups excluding carboxylic acids is 1. The van der Waals surface area contributed by atoms with Crippen LogP contribution in [0.5, 0.6) is 0 Å². The van der Waals surface area contributed by atoms with E-state index in [1.54, 1.807) is 11.3 Å². The number of aryl methyl sites for hydroxylation is 3. The smallest absolute Gasteiger partial charge is 0.341 e. The van der Waals surface area contributed by atoms with Gasteiger partial charge in [0.1, 0.15) is 5.00 Å². The Hall–Kier alpha value is -1.64. The first-order valence-electron chi connectivity index (χ1n) is 10.1. The van der Waals surface area contributed by atoms with E-state index in [1.807, 2.05) is 24.7 Å². The van der Waals surface area contributed by atoms with Crippen LogP contribution in [0.25, 0.3) is 0 Å². The molecule has 1 aliphatic carbocycles. The Morgan fingerprint density at radius 2 is 2.17 bits per heavy atom. The molecule has 1 aliphatic rings. The fraction of sp³-hybridized carbons (Fsp3) is 0.550. The molecule has 0 atom stereocenters.